The molecule has 0 aliphatic heterocycles. The molecule has 8 heteroatoms. The maximum absolute atomic E-state index is 11.7. The maximum atomic E-state index is 11.7. The predicted molar refractivity (Wildman–Crippen MR) is 129 cm³/mol. The largest absolute Gasteiger partial charge is 0.508 e. The molecule has 0 unspecified atom stereocenters. The van der Waals surface area contributed by atoms with Crippen LogP contribution in [0.1, 0.15) is 23.8 Å². The van der Waals surface area contributed by atoms with Crippen molar-refractivity contribution in [2.45, 2.75) is 19.8 Å². The van der Waals surface area contributed by atoms with Crippen LogP contribution in [0.3, 0.4) is 0 Å². The van der Waals surface area contributed by atoms with Gasteiger partial charge in [-0.25, -0.2) is 0 Å². The van der Waals surface area contributed by atoms with Gasteiger partial charge in [0.2, 0.25) is 11.5 Å². The summed E-state index contributed by atoms with van der Waals surface area (Å²) in [5.74, 6) is -0.345. The Labute approximate surface area is 201 Å². The molecule has 1 heterocycles. The van der Waals surface area contributed by atoms with Gasteiger partial charge in [-0.1, -0.05) is 30.3 Å². The molecule has 174 valence electrons. The number of azo groups is 1. The third kappa shape index (κ3) is 5.72. The number of aryl methyl sites for hydroxylation is 2. The van der Waals surface area contributed by atoms with Crippen molar-refractivity contribution in [2.24, 2.45) is 10.2 Å². The number of nitrogens with zero attached hydrogens (tertiary/aromatic N) is 3. The Hall–Kier alpha value is -4.90. The first-order valence-electron chi connectivity index (χ1n) is 10.8. The van der Waals surface area contributed by atoms with Gasteiger partial charge in [0.25, 0.3) is 0 Å². The molecule has 3 aromatic carbocycles. The van der Waals surface area contributed by atoms with E-state index in [9.17, 15) is 20.3 Å². The Kier molecular flexibility index (Phi) is 6.88. The fourth-order valence-electron chi connectivity index (χ4n) is 3.50. The molecule has 0 atom stereocenters. The van der Waals surface area contributed by atoms with Gasteiger partial charge in [-0.3, -0.25) is 4.79 Å². The van der Waals surface area contributed by atoms with E-state index in [1.807, 2.05) is 30.3 Å². The molecule has 4 aromatic rings. The number of allylic oxidation sites excluding steroid dienone is 1. The normalized spacial score (nSPS) is 11.9. The van der Waals surface area contributed by atoms with Crippen LogP contribution in [0.15, 0.2) is 93.1 Å². The summed E-state index contributed by atoms with van der Waals surface area (Å²) in [6.07, 6.45) is 1.09. The zero-order valence-electron chi connectivity index (χ0n) is 18.8. The molecule has 35 heavy (non-hydrogen) atoms. The Balaban J connectivity index is 1.60. The molecule has 0 amide bonds. The number of nitriles is 1. The quantitative estimate of drug-likeness (QED) is 0.110. The van der Waals surface area contributed by atoms with Crippen molar-refractivity contribution in [3.63, 3.8) is 0 Å². The Morgan fingerprint density at radius 1 is 1.03 bits per heavy atom. The fourth-order valence-corrected chi connectivity index (χ4v) is 3.50. The summed E-state index contributed by atoms with van der Waals surface area (Å²) in [5.41, 5.74) is 2.40. The lowest BCUT2D eigenvalue weighted by molar-refractivity contribution is -0.134. The number of hydrogen-bond donors (Lipinski definition) is 2. The van der Waals surface area contributed by atoms with E-state index in [1.165, 1.54) is 25.1 Å². The summed E-state index contributed by atoms with van der Waals surface area (Å²) in [6, 6.07) is 22.5. The van der Waals surface area contributed by atoms with E-state index in [0.717, 1.165) is 10.9 Å². The minimum atomic E-state index is -0.624. The number of fused-ring (bicyclic) bond motifs is 1. The molecule has 0 saturated carbocycles. The van der Waals surface area contributed by atoms with Crippen LogP contribution >= 0.6 is 0 Å². The van der Waals surface area contributed by atoms with E-state index < -0.39 is 5.97 Å². The van der Waals surface area contributed by atoms with Crippen molar-refractivity contribution in [2.75, 3.05) is 0 Å². The molecule has 0 aliphatic carbocycles. The molecule has 1 aromatic heterocycles. The molecule has 0 saturated heterocycles. The number of para-hydroxylation sites is 1. The van der Waals surface area contributed by atoms with Gasteiger partial charge < -0.3 is 19.4 Å². The summed E-state index contributed by atoms with van der Waals surface area (Å²) in [6.45, 7) is 1.22. The summed E-state index contributed by atoms with van der Waals surface area (Å²) in [5, 5.41) is 38.3. The number of carbonyl (C=O) groups is 1. The number of furan rings is 1. The highest BCUT2D eigenvalue weighted by molar-refractivity contribution is 5.84. The average molecular weight is 467 g/mol. The van der Waals surface area contributed by atoms with Crippen molar-refractivity contribution >= 4 is 28.4 Å². The van der Waals surface area contributed by atoms with Gasteiger partial charge in [-0.05, 0) is 66.4 Å². The molecule has 0 fully saturated rings. The van der Waals surface area contributed by atoms with E-state index in [0.29, 0.717) is 29.7 Å². The van der Waals surface area contributed by atoms with E-state index in [2.05, 4.69) is 10.2 Å². The van der Waals surface area contributed by atoms with Crippen LogP contribution in [-0.4, -0.2) is 16.2 Å². The zero-order valence-corrected chi connectivity index (χ0v) is 18.8. The first-order chi connectivity index (χ1) is 16.9. The summed E-state index contributed by atoms with van der Waals surface area (Å²) < 4.78 is 11.0. The maximum Gasteiger partial charge on any atom is 0.308 e. The Morgan fingerprint density at radius 3 is 2.63 bits per heavy atom. The molecule has 0 aliphatic rings. The van der Waals surface area contributed by atoms with Gasteiger partial charge in [0.15, 0.2) is 5.76 Å². The molecule has 4 rings (SSSR count). The van der Waals surface area contributed by atoms with Crippen LogP contribution in [0.25, 0.3) is 16.7 Å². The second-order valence-corrected chi connectivity index (χ2v) is 7.71. The van der Waals surface area contributed by atoms with Gasteiger partial charge in [-0.15, -0.1) is 10.2 Å². The highest BCUT2D eigenvalue weighted by Crippen LogP contribution is 2.29. The summed E-state index contributed by atoms with van der Waals surface area (Å²) in [7, 11) is 0. The van der Waals surface area contributed by atoms with Crippen molar-refractivity contribution < 1.29 is 24.2 Å². The number of carbonyl (C=O) groups excluding carboxylic acids is 1. The molecule has 8 nitrogen and oxygen atoms in total. The van der Waals surface area contributed by atoms with Crippen molar-refractivity contribution in [3.05, 3.63) is 95.4 Å². The third-order valence-electron chi connectivity index (χ3n) is 5.14. The molecule has 2 N–H and O–H groups in total. The molecular weight excluding hydrogens is 446 g/mol. The minimum Gasteiger partial charge on any atom is -0.508 e. The second kappa shape index (κ2) is 10.4. The van der Waals surface area contributed by atoms with Gasteiger partial charge in [0.05, 0.1) is 5.69 Å². The van der Waals surface area contributed by atoms with E-state index in [4.69, 9.17) is 9.15 Å². The molecular formula is C27H21N3O5. The first kappa shape index (κ1) is 23.3. The van der Waals surface area contributed by atoms with Crippen molar-refractivity contribution in [3.8, 4) is 17.6 Å². The number of esters is 1. The Bertz CT molecular complexity index is 1460. The number of phenolic OH excluding ortho intramolecular Hbond substituents is 2. The standard InChI is InChI=1S/C27H21N3O5/c1-17(31)34-27(26-15-20-6-2-3-8-25(20)35-26)23(16-28)30-29-21-7-4-5-18(13-21)9-10-19-14-22(32)11-12-24(19)33/h2-8,11-15,32-33H,9-10H2,1H3. The van der Waals surface area contributed by atoms with Crippen LogP contribution in [0.4, 0.5) is 5.69 Å². The number of benzene rings is 3. The lowest BCUT2D eigenvalue weighted by Gasteiger charge is -2.06. The van der Waals surface area contributed by atoms with Gasteiger partial charge >= 0.3 is 5.97 Å². The smallest absolute Gasteiger partial charge is 0.308 e. The average Bonchev–Trinajstić information content (AvgIpc) is 3.28. The number of phenols is 2. The number of ether oxygens (including phenoxy) is 1. The zero-order chi connectivity index (χ0) is 24.8. The molecule has 0 spiro atoms. The molecule has 0 bridgehead atoms. The van der Waals surface area contributed by atoms with Crippen LogP contribution in [0.2, 0.25) is 0 Å². The predicted octanol–water partition coefficient (Wildman–Crippen LogP) is 6.17. The van der Waals surface area contributed by atoms with Crippen LogP contribution in [-0.2, 0) is 22.4 Å². The molecule has 0 radical (unpaired) electrons. The van der Waals surface area contributed by atoms with Gasteiger partial charge in [0.1, 0.15) is 23.2 Å². The Morgan fingerprint density at radius 2 is 1.86 bits per heavy atom. The van der Waals surface area contributed by atoms with E-state index >= 15 is 0 Å². The van der Waals surface area contributed by atoms with Gasteiger partial charge in [-0.2, -0.15) is 5.26 Å². The lowest BCUT2D eigenvalue weighted by Crippen LogP contribution is -2.00. The van der Waals surface area contributed by atoms with Crippen molar-refractivity contribution in [1.82, 2.24) is 0 Å². The first-order valence-corrected chi connectivity index (χ1v) is 10.8. The van der Waals surface area contributed by atoms with Crippen LogP contribution < -0.4 is 0 Å². The number of rotatable bonds is 7. The SMILES string of the molecule is CC(=O)OC(=C(C#N)N=Nc1cccc(CCc2cc(O)ccc2O)c1)c1cc2ccccc2o1. The van der Waals surface area contributed by atoms with E-state index in [-0.39, 0.29) is 28.7 Å². The summed E-state index contributed by atoms with van der Waals surface area (Å²) >= 11 is 0. The lowest BCUT2D eigenvalue weighted by atomic mass is 10.0. The number of aromatic hydroxyl groups is 2. The van der Waals surface area contributed by atoms with Gasteiger partial charge in [0, 0.05) is 12.3 Å². The highest BCUT2D eigenvalue weighted by Gasteiger charge is 2.18. The van der Waals surface area contributed by atoms with Crippen molar-refractivity contribution in [1.29, 1.82) is 5.26 Å². The monoisotopic (exact) mass is 467 g/mol. The van der Waals surface area contributed by atoms with E-state index in [1.54, 1.807) is 30.3 Å². The van der Waals surface area contributed by atoms with Crippen LogP contribution in [0, 0.1) is 11.3 Å². The third-order valence-corrected chi connectivity index (χ3v) is 5.14. The van der Waals surface area contributed by atoms with Crippen LogP contribution in [0.5, 0.6) is 11.5 Å². The highest BCUT2D eigenvalue weighted by atomic mass is 16.5. The minimum absolute atomic E-state index is 0.0872. The second-order valence-electron chi connectivity index (χ2n) is 7.71. The number of hydrogen-bond acceptors (Lipinski definition) is 8. The fraction of sp³-hybridized carbons (Fsp3) is 0.111. The topological polar surface area (TPSA) is 128 Å². The summed E-state index contributed by atoms with van der Waals surface area (Å²) in [4.78, 5) is 11.7.